The lowest BCUT2D eigenvalue weighted by molar-refractivity contribution is -0.122. The zero-order valence-electron chi connectivity index (χ0n) is 17.2. The molecule has 0 fully saturated rings. The Morgan fingerprint density at radius 3 is 2.68 bits per heavy atom. The minimum atomic E-state index is -0.492. The number of hydrogen-bond acceptors (Lipinski definition) is 5. The van der Waals surface area contributed by atoms with Crippen molar-refractivity contribution in [2.24, 2.45) is 0 Å². The molecule has 0 saturated carbocycles. The van der Waals surface area contributed by atoms with Gasteiger partial charge in [0.05, 0.1) is 11.4 Å². The molecule has 0 aliphatic carbocycles. The van der Waals surface area contributed by atoms with Crippen LogP contribution in [0.3, 0.4) is 0 Å². The van der Waals surface area contributed by atoms with Gasteiger partial charge in [0.15, 0.2) is 6.61 Å². The lowest BCUT2D eigenvalue weighted by atomic mass is 10.1. The fraction of sp³-hybridized carbons (Fsp3) is 0.208. The van der Waals surface area contributed by atoms with Gasteiger partial charge in [-0.2, -0.15) is 5.10 Å². The molecule has 3 heterocycles. The number of thiophene rings is 1. The number of aromatic nitrogens is 2. The number of carbonyl (C=O) groups excluding carboxylic acids is 2. The zero-order chi connectivity index (χ0) is 21.5. The molecular formula is C24H21N3O3S. The number of benzene rings is 2. The Hall–Kier alpha value is -3.45. The van der Waals surface area contributed by atoms with Gasteiger partial charge in [0.25, 0.3) is 5.91 Å². The van der Waals surface area contributed by atoms with Crippen LogP contribution in [-0.2, 0) is 16.0 Å². The van der Waals surface area contributed by atoms with Crippen LogP contribution in [0.4, 0.5) is 5.69 Å². The van der Waals surface area contributed by atoms with E-state index in [0.29, 0.717) is 4.88 Å². The van der Waals surface area contributed by atoms with Crippen molar-refractivity contribution in [1.29, 1.82) is 0 Å². The standard InChI is InChI=1S/C24H21N3O3S/c1-15-12-17-8-6-7-11-20(17)26(15)22(28)14-30-24(29)21-13-19-16(2)25-27(23(19)31-21)18-9-4-3-5-10-18/h3-11,13,15H,12,14H2,1-2H3/t15-/m1/s1. The SMILES string of the molecule is Cc1nn(-c2ccccc2)c2sc(C(=O)OCC(=O)N3c4ccccc4C[C@H]3C)cc12. The van der Waals surface area contributed by atoms with E-state index in [2.05, 4.69) is 5.10 Å². The molecule has 0 bridgehead atoms. The van der Waals surface area contributed by atoms with Crippen LogP contribution < -0.4 is 4.90 Å². The lowest BCUT2D eigenvalue weighted by Crippen LogP contribution is -2.38. The second kappa shape index (κ2) is 7.67. The van der Waals surface area contributed by atoms with E-state index < -0.39 is 5.97 Å². The maximum Gasteiger partial charge on any atom is 0.348 e. The largest absolute Gasteiger partial charge is 0.451 e. The number of esters is 1. The normalized spacial score (nSPS) is 15.3. The van der Waals surface area contributed by atoms with Gasteiger partial charge in [-0.1, -0.05) is 36.4 Å². The fourth-order valence-corrected chi connectivity index (χ4v) is 5.18. The molecule has 1 aliphatic rings. The molecular weight excluding hydrogens is 410 g/mol. The van der Waals surface area contributed by atoms with E-state index in [1.54, 1.807) is 11.0 Å². The Balaban J connectivity index is 1.34. The average Bonchev–Trinajstić information content (AvgIpc) is 3.44. The molecule has 0 N–H and O–H groups in total. The third-order valence-corrected chi connectivity index (χ3v) is 6.64. The monoisotopic (exact) mass is 431 g/mol. The number of rotatable bonds is 4. The summed E-state index contributed by atoms with van der Waals surface area (Å²) in [5, 5.41) is 5.50. The van der Waals surface area contributed by atoms with Crippen LogP contribution in [-0.4, -0.2) is 34.3 Å². The Morgan fingerprint density at radius 2 is 1.87 bits per heavy atom. The molecule has 0 spiro atoms. The highest BCUT2D eigenvalue weighted by molar-refractivity contribution is 7.20. The Bertz CT molecular complexity index is 1290. The van der Waals surface area contributed by atoms with Crippen LogP contribution in [0.2, 0.25) is 0 Å². The van der Waals surface area contributed by atoms with Gasteiger partial charge in [-0.25, -0.2) is 9.48 Å². The van der Waals surface area contributed by atoms with Gasteiger partial charge in [0.1, 0.15) is 9.71 Å². The van der Waals surface area contributed by atoms with Crippen molar-refractivity contribution in [3.05, 3.63) is 76.8 Å². The minimum Gasteiger partial charge on any atom is -0.451 e. The van der Waals surface area contributed by atoms with Crippen molar-refractivity contribution < 1.29 is 14.3 Å². The molecule has 0 saturated heterocycles. The quantitative estimate of drug-likeness (QED) is 0.446. The molecule has 156 valence electrons. The van der Waals surface area contributed by atoms with Gasteiger partial charge < -0.3 is 9.64 Å². The van der Waals surface area contributed by atoms with E-state index in [9.17, 15) is 9.59 Å². The highest BCUT2D eigenvalue weighted by Crippen LogP contribution is 2.33. The van der Waals surface area contributed by atoms with E-state index in [1.807, 2.05) is 73.1 Å². The van der Waals surface area contributed by atoms with E-state index in [-0.39, 0.29) is 18.6 Å². The lowest BCUT2D eigenvalue weighted by Gasteiger charge is -2.22. The number of hydrogen-bond donors (Lipinski definition) is 0. The van der Waals surface area contributed by atoms with Crippen molar-refractivity contribution in [2.45, 2.75) is 26.3 Å². The number of amides is 1. The molecule has 1 aliphatic heterocycles. The first kappa shape index (κ1) is 19.5. The summed E-state index contributed by atoms with van der Waals surface area (Å²) in [7, 11) is 0. The van der Waals surface area contributed by atoms with E-state index in [4.69, 9.17) is 4.74 Å². The van der Waals surface area contributed by atoms with Gasteiger partial charge in [0.2, 0.25) is 0 Å². The Labute approximate surface area is 183 Å². The molecule has 0 radical (unpaired) electrons. The molecule has 31 heavy (non-hydrogen) atoms. The van der Waals surface area contributed by atoms with Gasteiger partial charge >= 0.3 is 5.97 Å². The summed E-state index contributed by atoms with van der Waals surface area (Å²) in [6.07, 6.45) is 0.807. The molecule has 1 atom stereocenters. The van der Waals surface area contributed by atoms with Crippen molar-refractivity contribution >= 4 is 39.1 Å². The number of aryl methyl sites for hydroxylation is 1. The van der Waals surface area contributed by atoms with Crippen molar-refractivity contribution in [1.82, 2.24) is 9.78 Å². The molecule has 4 aromatic rings. The number of ether oxygens (including phenoxy) is 1. The summed E-state index contributed by atoms with van der Waals surface area (Å²) >= 11 is 1.32. The van der Waals surface area contributed by atoms with Gasteiger partial charge in [-0.15, -0.1) is 11.3 Å². The van der Waals surface area contributed by atoms with Crippen LogP contribution in [0.5, 0.6) is 0 Å². The number of anilines is 1. The van der Waals surface area contributed by atoms with Crippen molar-refractivity contribution in [2.75, 3.05) is 11.5 Å². The number of fused-ring (bicyclic) bond motifs is 2. The molecule has 0 unspecified atom stereocenters. The third kappa shape index (κ3) is 3.41. The summed E-state index contributed by atoms with van der Waals surface area (Å²) in [4.78, 5) is 28.6. The maximum absolute atomic E-state index is 12.8. The van der Waals surface area contributed by atoms with Crippen LogP contribution >= 0.6 is 11.3 Å². The average molecular weight is 432 g/mol. The predicted molar refractivity (Wildman–Crippen MR) is 121 cm³/mol. The molecule has 5 rings (SSSR count). The summed E-state index contributed by atoms with van der Waals surface area (Å²) in [5.74, 6) is -0.702. The van der Waals surface area contributed by atoms with Gasteiger partial charge in [0, 0.05) is 17.1 Å². The number of para-hydroxylation sites is 2. The highest BCUT2D eigenvalue weighted by atomic mass is 32.1. The van der Waals surface area contributed by atoms with Crippen LogP contribution in [0, 0.1) is 6.92 Å². The second-order valence-electron chi connectivity index (χ2n) is 7.68. The molecule has 1 amide bonds. The third-order valence-electron chi connectivity index (χ3n) is 5.55. The number of nitrogens with zero attached hydrogens (tertiary/aromatic N) is 3. The first-order chi connectivity index (χ1) is 15.0. The number of carbonyl (C=O) groups is 2. The molecule has 7 heteroatoms. The van der Waals surface area contributed by atoms with Gasteiger partial charge in [-0.3, -0.25) is 4.79 Å². The summed E-state index contributed by atoms with van der Waals surface area (Å²) < 4.78 is 7.23. The molecule has 2 aromatic carbocycles. The zero-order valence-corrected chi connectivity index (χ0v) is 18.1. The molecule has 2 aromatic heterocycles. The van der Waals surface area contributed by atoms with E-state index in [0.717, 1.165) is 39.3 Å². The highest BCUT2D eigenvalue weighted by Gasteiger charge is 2.31. The minimum absolute atomic E-state index is 0.0485. The van der Waals surface area contributed by atoms with Crippen LogP contribution in [0.25, 0.3) is 15.9 Å². The van der Waals surface area contributed by atoms with Crippen molar-refractivity contribution in [3.8, 4) is 5.69 Å². The van der Waals surface area contributed by atoms with Gasteiger partial charge in [-0.05, 0) is 50.1 Å². The summed E-state index contributed by atoms with van der Waals surface area (Å²) in [5.41, 5.74) is 3.81. The van der Waals surface area contributed by atoms with Crippen LogP contribution in [0.1, 0.15) is 27.9 Å². The van der Waals surface area contributed by atoms with E-state index in [1.165, 1.54) is 11.3 Å². The fourth-order valence-electron chi connectivity index (χ4n) is 4.11. The molecule has 6 nitrogen and oxygen atoms in total. The Morgan fingerprint density at radius 1 is 1.13 bits per heavy atom. The van der Waals surface area contributed by atoms with Crippen LogP contribution in [0.15, 0.2) is 60.7 Å². The first-order valence-corrected chi connectivity index (χ1v) is 11.0. The summed E-state index contributed by atoms with van der Waals surface area (Å²) in [6, 6.07) is 19.5. The van der Waals surface area contributed by atoms with E-state index >= 15 is 0 Å². The predicted octanol–water partition coefficient (Wildman–Crippen LogP) is 4.53. The topological polar surface area (TPSA) is 64.4 Å². The smallest absolute Gasteiger partial charge is 0.348 e. The Kier molecular flexibility index (Phi) is 4.82. The first-order valence-electron chi connectivity index (χ1n) is 10.1. The maximum atomic E-state index is 12.8. The second-order valence-corrected chi connectivity index (χ2v) is 8.71. The summed E-state index contributed by atoms with van der Waals surface area (Å²) in [6.45, 7) is 3.64. The van der Waals surface area contributed by atoms with Crippen molar-refractivity contribution in [3.63, 3.8) is 0 Å².